The lowest BCUT2D eigenvalue weighted by Gasteiger charge is -2.12. The second-order valence-electron chi connectivity index (χ2n) is 5.92. The molecule has 0 unspecified atom stereocenters. The zero-order valence-corrected chi connectivity index (χ0v) is 15.0. The molecule has 2 rings (SSSR count). The van der Waals surface area contributed by atoms with Crippen LogP contribution < -0.4 is 10.6 Å². The van der Waals surface area contributed by atoms with Crippen molar-refractivity contribution in [3.05, 3.63) is 84.0 Å². The van der Waals surface area contributed by atoms with Gasteiger partial charge >= 0.3 is 0 Å². The van der Waals surface area contributed by atoms with E-state index in [4.69, 9.17) is 0 Å². The Morgan fingerprint density at radius 2 is 1.80 bits per heavy atom. The molecule has 25 heavy (non-hydrogen) atoms. The molecule has 0 fully saturated rings. The van der Waals surface area contributed by atoms with Crippen LogP contribution in [0.5, 0.6) is 0 Å². The third-order valence-electron chi connectivity index (χ3n) is 3.77. The number of allylic oxidation sites excluding steroid dienone is 3. The maximum Gasteiger partial charge on any atom is 0.228 e. The van der Waals surface area contributed by atoms with Crippen molar-refractivity contribution in [2.24, 2.45) is 0 Å². The van der Waals surface area contributed by atoms with E-state index < -0.39 is 0 Å². The van der Waals surface area contributed by atoms with E-state index >= 15 is 0 Å². The summed E-state index contributed by atoms with van der Waals surface area (Å²) in [5.41, 5.74) is 4.02. The van der Waals surface area contributed by atoms with Crippen molar-refractivity contribution in [3.63, 3.8) is 0 Å². The summed E-state index contributed by atoms with van der Waals surface area (Å²) < 4.78 is 0. The Morgan fingerprint density at radius 3 is 2.56 bits per heavy atom. The third-order valence-corrected chi connectivity index (χ3v) is 3.77. The molecule has 0 saturated carbocycles. The zero-order chi connectivity index (χ0) is 17.9. The number of aryl methyl sites for hydroxylation is 1. The van der Waals surface area contributed by atoms with Gasteiger partial charge in [0.1, 0.15) is 0 Å². The molecule has 0 heterocycles. The number of para-hydroxylation sites is 1. The molecule has 2 N–H and O–H groups in total. The maximum absolute atomic E-state index is 12.3. The average molecular weight is 334 g/mol. The predicted octanol–water partition coefficient (Wildman–Crippen LogP) is 5.11. The number of carbonyl (C=O) groups excluding carboxylic acids is 1. The second-order valence-corrected chi connectivity index (χ2v) is 5.92. The Kier molecular flexibility index (Phi) is 7.51. The van der Waals surface area contributed by atoms with Gasteiger partial charge in [-0.05, 0) is 44.0 Å². The van der Waals surface area contributed by atoms with E-state index in [1.54, 1.807) is 0 Å². The lowest BCUT2D eigenvalue weighted by atomic mass is 10.1. The van der Waals surface area contributed by atoms with E-state index in [2.05, 4.69) is 16.7 Å². The minimum atomic E-state index is -0.00826. The monoisotopic (exact) mass is 334 g/mol. The molecular weight excluding hydrogens is 308 g/mol. The maximum atomic E-state index is 12.3. The van der Waals surface area contributed by atoms with Crippen molar-refractivity contribution in [1.82, 2.24) is 0 Å². The van der Waals surface area contributed by atoms with Gasteiger partial charge in [-0.3, -0.25) is 4.79 Å². The molecule has 0 spiro atoms. The van der Waals surface area contributed by atoms with Crippen LogP contribution >= 0.6 is 0 Å². The minimum absolute atomic E-state index is 0.00826. The van der Waals surface area contributed by atoms with Gasteiger partial charge in [0.15, 0.2) is 0 Å². The number of nitrogens with one attached hydrogen (secondary N) is 2. The highest BCUT2D eigenvalue weighted by molar-refractivity contribution is 5.93. The zero-order valence-electron chi connectivity index (χ0n) is 15.0. The standard InChI is InChI=1S/C22H26N2O/c1-3-4-5-6-9-16-23-21-11-8-7-10-19(21)17-22(25)24-20-14-12-18(2)13-15-20/h3-8,10-15,23H,9,16-17H2,1-2H3,(H,24,25)/b4-3-,6-5-. The van der Waals surface area contributed by atoms with Crippen LogP contribution in [0, 0.1) is 6.92 Å². The highest BCUT2D eigenvalue weighted by Gasteiger charge is 2.08. The van der Waals surface area contributed by atoms with Crippen LogP contribution in [0.4, 0.5) is 11.4 Å². The van der Waals surface area contributed by atoms with Crippen molar-refractivity contribution in [2.75, 3.05) is 17.2 Å². The van der Waals surface area contributed by atoms with Gasteiger partial charge in [-0.15, -0.1) is 0 Å². The molecule has 2 aromatic carbocycles. The number of carbonyl (C=O) groups is 1. The van der Waals surface area contributed by atoms with Gasteiger partial charge in [-0.25, -0.2) is 0 Å². The predicted molar refractivity (Wildman–Crippen MR) is 107 cm³/mol. The minimum Gasteiger partial charge on any atom is -0.385 e. The first-order valence-corrected chi connectivity index (χ1v) is 8.65. The topological polar surface area (TPSA) is 41.1 Å². The van der Waals surface area contributed by atoms with E-state index in [1.165, 1.54) is 5.56 Å². The lowest BCUT2D eigenvalue weighted by Crippen LogP contribution is -2.15. The summed E-state index contributed by atoms with van der Waals surface area (Å²) in [6, 6.07) is 15.8. The van der Waals surface area contributed by atoms with E-state index in [1.807, 2.05) is 80.6 Å². The van der Waals surface area contributed by atoms with Gasteiger partial charge in [0, 0.05) is 17.9 Å². The summed E-state index contributed by atoms with van der Waals surface area (Å²) in [5, 5.41) is 6.36. The molecule has 0 radical (unpaired) electrons. The molecule has 2 aromatic rings. The molecule has 0 atom stereocenters. The van der Waals surface area contributed by atoms with Crippen LogP contribution in [0.15, 0.2) is 72.8 Å². The quantitative estimate of drug-likeness (QED) is 0.520. The van der Waals surface area contributed by atoms with Crippen molar-refractivity contribution in [3.8, 4) is 0 Å². The Bertz CT molecular complexity index is 730. The first-order chi connectivity index (χ1) is 12.2. The van der Waals surface area contributed by atoms with Crippen LogP contribution in [0.3, 0.4) is 0 Å². The summed E-state index contributed by atoms with van der Waals surface area (Å²) in [6.45, 7) is 4.87. The summed E-state index contributed by atoms with van der Waals surface area (Å²) in [7, 11) is 0. The van der Waals surface area contributed by atoms with E-state index in [0.29, 0.717) is 6.42 Å². The number of hydrogen-bond donors (Lipinski definition) is 2. The fourth-order valence-electron chi connectivity index (χ4n) is 2.44. The normalized spacial score (nSPS) is 11.1. The van der Waals surface area contributed by atoms with Crippen LogP contribution in [0.25, 0.3) is 0 Å². The van der Waals surface area contributed by atoms with Crippen LogP contribution in [-0.2, 0) is 11.2 Å². The molecule has 0 aromatic heterocycles. The molecule has 0 aliphatic heterocycles. The average Bonchev–Trinajstić information content (AvgIpc) is 2.61. The Labute approximate surface area is 150 Å². The SMILES string of the molecule is C/C=C\C=C/CCNc1ccccc1CC(=O)Nc1ccc(C)cc1. The molecule has 3 nitrogen and oxygen atoms in total. The fraction of sp³-hybridized carbons (Fsp3) is 0.227. The summed E-state index contributed by atoms with van der Waals surface area (Å²) in [5.74, 6) is -0.00826. The fourth-order valence-corrected chi connectivity index (χ4v) is 2.44. The molecule has 0 saturated heterocycles. The third kappa shape index (κ3) is 6.68. The number of amides is 1. The van der Waals surface area contributed by atoms with Crippen LogP contribution in [-0.4, -0.2) is 12.5 Å². The first kappa shape index (κ1) is 18.5. The number of benzene rings is 2. The summed E-state index contributed by atoms with van der Waals surface area (Å²) >= 11 is 0. The van der Waals surface area contributed by atoms with Crippen molar-refractivity contribution < 1.29 is 4.79 Å². The number of hydrogen-bond acceptors (Lipinski definition) is 2. The molecule has 0 aliphatic rings. The van der Waals surface area contributed by atoms with Gasteiger partial charge in [-0.2, -0.15) is 0 Å². The summed E-state index contributed by atoms with van der Waals surface area (Å²) in [6.07, 6.45) is 9.48. The molecule has 3 heteroatoms. The van der Waals surface area contributed by atoms with Gasteiger partial charge in [0.05, 0.1) is 6.42 Å². The molecule has 130 valence electrons. The Balaban J connectivity index is 1.90. The molecule has 0 bridgehead atoms. The van der Waals surface area contributed by atoms with E-state index in [0.717, 1.165) is 29.9 Å². The second kappa shape index (κ2) is 10.1. The van der Waals surface area contributed by atoms with Crippen LogP contribution in [0.1, 0.15) is 24.5 Å². The molecule has 1 amide bonds. The Morgan fingerprint density at radius 1 is 1.04 bits per heavy atom. The van der Waals surface area contributed by atoms with Gasteiger partial charge < -0.3 is 10.6 Å². The lowest BCUT2D eigenvalue weighted by molar-refractivity contribution is -0.115. The highest BCUT2D eigenvalue weighted by Crippen LogP contribution is 2.17. The summed E-state index contributed by atoms with van der Waals surface area (Å²) in [4.78, 5) is 12.3. The van der Waals surface area contributed by atoms with Crippen LogP contribution in [0.2, 0.25) is 0 Å². The van der Waals surface area contributed by atoms with Crippen molar-refractivity contribution in [2.45, 2.75) is 26.7 Å². The first-order valence-electron chi connectivity index (χ1n) is 8.65. The van der Waals surface area contributed by atoms with Crippen molar-refractivity contribution in [1.29, 1.82) is 0 Å². The number of rotatable bonds is 8. The van der Waals surface area contributed by atoms with E-state index in [-0.39, 0.29) is 5.91 Å². The molecule has 0 aliphatic carbocycles. The van der Waals surface area contributed by atoms with Gasteiger partial charge in [0.25, 0.3) is 0 Å². The molecular formula is C22H26N2O. The smallest absolute Gasteiger partial charge is 0.228 e. The van der Waals surface area contributed by atoms with Gasteiger partial charge in [-0.1, -0.05) is 60.2 Å². The van der Waals surface area contributed by atoms with Crippen molar-refractivity contribution >= 4 is 17.3 Å². The number of anilines is 2. The van der Waals surface area contributed by atoms with Gasteiger partial charge in [0.2, 0.25) is 5.91 Å². The Hall–Kier alpha value is -2.81. The highest BCUT2D eigenvalue weighted by atomic mass is 16.1. The van der Waals surface area contributed by atoms with E-state index in [9.17, 15) is 4.79 Å². The largest absolute Gasteiger partial charge is 0.385 e.